The summed E-state index contributed by atoms with van der Waals surface area (Å²) in [7, 11) is 1.83. The second kappa shape index (κ2) is 8.76. The van der Waals surface area contributed by atoms with Crippen molar-refractivity contribution in [1.82, 2.24) is 19.7 Å². The maximum Gasteiger partial charge on any atom is 0.257 e. The molecule has 0 unspecified atom stereocenters. The van der Waals surface area contributed by atoms with E-state index in [4.69, 9.17) is 0 Å². The van der Waals surface area contributed by atoms with Crippen LogP contribution >= 0.6 is 11.3 Å². The second-order valence-corrected chi connectivity index (χ2v) is 8.23. The summed E-state index contributed by atoms with van der Waals surface area (Å²) < 4.78 is 1.68. The van der Waals surface area contributed by atoms with Gasteiger partial charge in [-0.05, 0) is 38.4 Å². The number of aryl methyl sites for hydroxylation is 2. The molecule has 2 N–H and O–H groups in total. The number of hydrogen-bond donors (Lipinski definition) is 2. The van der Waals surface area contributed by atoms with E-state index >= 15 is 0 Å². The van der Waals surface area contributed by atoms with Crippen molar-refractivity contribution in [2.24, 2.45) is 7.05 Å². The fraction of sp³-hybridized carbons (Fsp3) is 0.333. The number of carbonyl (C=O) groups excluding carboxylic acids is 2. The van der Waals surface area contributed by atoms with Gasteiger partial charge in [0, 0.05) is 24.2 Å². The van der Waals surface area contributed by atoms with Crippen LogP contribution in [0.2, 0.25) is 0 Å². The first kappa shape index (κ1) is 20.2. The molecule has 9 heteroatoms. The molecule has 0 radical (unpaired) electrons. The Labute approximate surface area is 178 Å². The van der Waals surface area contributed by atoms with E-state index in [-0.39, 0.29) is 17.9 Å². The van der Waals surface area contributed by atoms with E-state index in [1.54, 1.807) is 23.0 Å². The fourth-order valence-corrected chi connectivity index (χ4v) is 4.45. The summed E-state index contributed by atoms with van der Waals surface area (Å²) in [5.41, 5.74) is 3.02. The van der Waals surface area contributed by atoms with Gasteiger partial charge in [0.2, 0.25) is 5.91 Å². The van der Waals surface area contributed by atoms with Gasteiger partial charge in [-0.25, -0.2) is 4.98 Å². The molecule has 1 atom stereocenters. The molecule has 1 aliphatic heterocycles. The molecule has 0 spiro atoms. The van der Waals surface area contributed by atoms with Gasteiger partial charge in [0.1, 0.15) is 0 Å². The lowest BCUT2D eigenvalue weighted by atomic mass is 10.1. The van der Waals surface area contributed by atoms with Crippen LogP contribution in [0.3, 0.4) is 0 Å². The van der Waals surface area contributed by atoms with E-state index in [1.165, 1.54) is 11.3 Å². The zero-order chi connectivity index (χ0) is 21.1. The summed E-state index contributed by atoms with van der Waals surface area (Å²) >= 11 is 1.41. The molecule has 0 aliphatic carbocycles. The first-order chi connectivity index (χ1) is 14.5. The van der Waals surface area contributed by atoms with Crippen LogP contribution in [0.15, 0.2) is 41.9 Å². The zero-order valence-corrected chi connectivity index (χ0v) is 17.8. The monoisotopic (exact) mass is 424 g/mol. The SMILES string of the molecule is Cc1nn(C)cc1NC(=O)CN1CCC[C@H]1c1csc(NC(=O)c2ccccc2)n1. The van der Waals surface area contributed by atoms with Crippen LogP contribution in [0.1, 0.15) is 40.6 Å². The summed E-state index contributed by atoms with van der Waals surface area (Å²) in [6.45, 7) is 3.00. The minimum Gasteiger partial charge on any atom is -0.322 e. The summed E-state index contributed by atoms with van der Waals surface area (Å²) in [6.07, 6.45) is 3.75. The van der Waals surface area contributed by atoms with Crippen LogP contribution in [0.4, 0.5) is 10.8 Å². The molecular weight excluding hydrogens is 400 g/mol. The zero-order valence-electron chi connectivity index (χ0n) is 17.0. The molecule has 1 fully saturated rings. The average molecular weight is 425 g/mol. The highest BCUT2D eigenvalue weighted by molar-refractivity contribution is 7.14. The Hall–Kier alpha value is -3.04. The van der Waals surface area contributed by atoms with E-state index in [0.717, 1.165) is 36.5 Å². The summed E-state index contributed by atoms with van der Waals surface area (Å²) in [4.78, 5) is 31.6. The highest BCUT2D eigenvalue weighted by Crippen LogP contribution is 2.33. The Morgan fingerprint density at radius 1 is 1.23 bits per heavy atom. The van der Waals surface area contributed by atoms with Gasteiger partial charge in [0.05, 0.1) is 29.7 Å². The fourth-order valence-electron chi connectivity index (χ4n) is 3.70. The molecule has 2 aromatic heterocycles. The lowest BCUT2D eigenvalue weighted by Crippen LogP contribution is -2.33. The van der Waals surface area contributed by atoms with Gasteiger partial charge in [0.25, 0.3) is 5.91 Å². The summed E-state index contributed by atoms with van der Waals surface area (Å²) in [6, 6.07) is 9.15. The smallest absolute Gasteiger partial charge is 0.257 e. The van der Waals surface area contributed by atoms with E-state index in [0.29, 0.717) is 17.2 Å². The van der Waals surface area contributed by atoms with Gasteiger partial charge < -0.3 is 5.32 Å². The highest BCUT2D eigenvalue weighted by atomic mass is 32.1. The van der Waals surface area contributed by atoms with Crippen LogP contribution in [-0.2, 0) is 11.8 Å². The van der Waals surface area contributed by atoms with E-state index in [2.05, 4.69) is 25.6 Å². The van der Waals surface area contributed by atoms with Crippen molar-refractivity contribution in [2.45, 2.75) is 25.8 Å². The van der Waals surface area contributed by atoms with Gasteiger partial charge >= 0.3 is 0 Å². The normalized spacial score (nSPS) is 16.5. The third-order valence-corrected chi connectivity index (χ3v) is 5.89. The number of benzene rings is 1. The van der Waals surface area contributed by atoms with Gasteiger partial charge in [-0.3, -0.25) is 24.5 Å². The topological polar surface area (TPSA) is 92.2 Å². The molecule has 3 aromatic rings. The van der Waals surface area contributed by atoms with E-state index in [1.807, 2.05) is 37.6 Å². The molecule has 1 aliphatic rings. The number of rotatable bonds is 6. The number of likely N-dealkylation sites (tertiary alicyclic amines) is 1. The third kappa shape index (κ3) is 4.58. The Bertz CT molecular complexity index is 1040. The van der Waals surface area contributed by atoms with Crippen molar-refractivity contribution in [3.05, 3.63) is 58.9 Å². The largest absolute Gasteiger partial charge is 0.322 e. The molecule has 4 rings (SSSR count). The van der Waals surface area contributed by atoms with E-state index < -0.39 is 0 Å². The number of nitrogens with zero attached hydrogens (tertiary/aromatic N) is 4. The Balaban J connectivity index is 1.38. The molecule has 1 aromatic carbocycles. The number of carbonyl (C=O) groups is 2. The van der Waals surface area contributed by atoms with Crippen LogP contribution < -0.4 is 10.6 Å². The van der Waals surface area contributed by atoms with Crippen molar-refractivity contribution >= 4 is 34.0 Å². The molecule has 0 saturated carbocycles. The Morgan fingerprint density at radius 2 is 2.03 bits per heavy atom. The quantitative estimate of drug-likeness (QED) is 0.634. The van der Waals surface area contributed by atoms with Gasteiger partial charge in [-0.1, -0.05) is 18.2 Å². The molecule has 156 valence electrons. The lowest BCUT2D eigenvalue weighted by Gasteiger charge is -2.22. The predicted molar refractivity (Wildman–Crippen MR) is 117 cm³/mol. The van der Waals surface area contributed by atoms with Crippen LogP contribution in [0, 0.1) is 6.92 Å². The van der Waals surface area contributed by atoms with Gasteiger partial charge in [0.15, 0.2) is 5.13 Å². The number of thiazole rings is 1. The first-order valence-corrected chi connectivity index (χ1v) is 10.7. The van der Waals surface area contributed by atoms with E-state index in [9.17, 15) is 9.59 Å². The molecule has 8 nitrogen and oxygen atoms in total. The first-order valence-electron chi connectivity index (χ1n) is 9.85. The van der Waals surface area contributed by atoms with Crippen molar-refractivity contribution in [1.29, 1.82) is 0 Å². The van der Waals surface area contributed by atoms with Gasteiger partial charge in [-0.2, -0.15) is 5.10 Å². The molecule has 2 amide bonds. The third-order valence-electron chi connectivity index (χ3n) is 5.12. The minimum absolute atomic E-state index is 0.0640. The van der Waals surface area contributed by atoms with Crippen LogP contribution in [-0.4, -0.2) is 44.6 Å². The highest BCUT2D eigenvalue weighted by Gasteiger charge is 2.29. The second-order valence-electron chi connectivity index (χ2n) is 7.38. The summed E-state index contributed by atoms with van der Waals surface area (Å²) in [5, 5.41) is 12.6. The number of amides is 2. The standard InChI is InChI=1S/C21H24N6O2S/c1-14-16(11-26(2)25-14)22-19(28)12-27-10-6-9-18(27)17-13-30-21(23-17)24-20(29)15-7-4-3-5-8-15/h3-5,7-8,11,13,18H,6,9-10,12H2,1-2H3,(H,22,28)(H,23,24,29)/t18-/m0/s1. The Morgan fingerprint density at radius 3 is 2.77 bits per heavy atom. The maximum absolute atomic E-state index is 12.5. The predicted octanol–water partition coefficient (Wildman–Crippen LogP) is 3.21. The van der Waals surface area contributed by atoms with Crippen molar-refractivity contribution < 1.29 is 9.59 Å². The summed E-state index contributed by atoms with van der Waals surface area (Å²) in [5.74, 6) is -0.239. The Kier molecular flexibility index (Phi) is 5.91. The molecule has 3 heterocycles. The van der Waals surface area contributed by atoms with Crippen LogP contribution in [0.25, 0.3) is 0 Å². The van der Waals surface area contributed by atoms with Crippen molar-refractivity contribution in [3.8, 4) is 0 Å². The van der Waals surface area contributed by atoms with Gasteiger partial charge in [-0.15, -0.1) is 11.3 Å². The lowest BCUT2D eigenvalue weighted by molar-refractivity contribution is -0.117. The number of nitrogens with one attached hydrogen (secondary N) is 2. The molecule has 0 bridgehead atoms. The van der Waals surface area contributed by atoms with Crippen LogP contribution in [0.5, 0.6) is 0 Å². The number of aromatic nitrogens is 3. The minimum atomic E-state index is -0.175. The molecule has 1 saturated heterocycles. The average Bonchev–Trinajstić information content (AvgIpc) is 3.43. The number of anilines is 2. The number of hydrogen-bond acceptors (Lipinski definition) is 6. The molecular formula is C21H24N6O2S. The maximum atomic E-state index is 12.5. The van der Waals surface area contributed by atoms with Crippen molar-refractivity contribution in [2.75, 3.05) is 23.7 Å². The molecule has 30 heavy (non-hydrogen) atoms. The van der Waals surface area contributed by atoms with Crippen molar-refractivity contribution in [3.63, 3.8) is 0 Å².